The highest BCUT2D eigenvalue weighted by atomic mass is 35.5. The lowest BCUT2D eigenvalue weighted by Gasteiger charge is -2.11. The lowest BCUT2D eigenvalue weighted by atomic mass is 10.1. The average molecular weight is 297 g/mol. The number of alkyl halides is 3. The third kappa shape index (κ3) is 3.22. The number of rotatable bonds is 2. The minimum absolute atomic E-state index is 0.265. The van der Waals surface area contributed by atoms with Crippen LogP contribution in [0.25, 0.3) is 0 Å². The number of nitrogens with zero attached hydrogens (tertiary/aromatic N) is 1. The summed E-state index contributed by atoms with van der Waals surface area (Å²) in [7, 11) is 0. The van der Waals surface area contributed by atoms with Gasteiger partial charge in [0.05, 0.1) is 27.9 Å². The summed E-state index contributed by atoms with van der Waals surface area (Å²) >= 11 is 5.95. The van der Waals surface area contributed by atoms with E-state index in [9.17, 15) is 13.2 Å². The third-order valence-electron chi connectivity index (χ3n) is 2.57. The van der Waals surface area contributed by atoms with Gasteiger partial charge in [-0.1, -0.05) is 17.7 Å². The van der Waals surface area contributed by atoms with Gasteiger partial charge in [-0.3, -0.25) is 0 Å². The highest BCUT2D eigenvalue weighted by molar-refractivity contribution is 6.33. The summed E-state index contributed by atoms with van der Waals surface area (Å²) in [5.74, 6) is 0. The molecule has 2 aromatic carbocycles. The molecule has 0 radical (unpaired) electrons. The first-order valence-electron chi connectivity index (χ1n) is 5.54. The molecule has 0 spiro atoms. The number of nitrogens with one attached hydrogen (secondary N) is 1. The van der Waals surface area contributed by atoms with Crippen LogP contribution in [0.4, 0.5) is 24.5 Å². The largest absolute Gasteiger partial charge is 0.416 e. The zero-order valence-electron chi connectivity index (χ0n) is 10.0. The van der Waals surface area contributed by atoms with Crippen LogP contribution in [0.3, 0.4) is 0 Å². The first kappa shape index (κ1) is 14.2. The topological polar surface area (TPSA) is 35.8 Å². The molecular weight excluding hydrogens is 289 g/mol. The minimum atomic E-state index is -4.40. The SMILES string of the molecule is N#Cc1ccc(Nc2cccc(C(F)(F)F)c2)c(Cl)c1. The van der Waals surface area contributed by atoms with Crippen LogP contribution in [-0.2, 0) is 6.18 Å². The van der Waals surface area contributed by atoms with Crippen molar-refractivity contribution in [2.45, 2.75) is 6.18 Å². The lowest BCUT2D eigenvalue weighted by Crippen LogP contribution is -2.05. The number of hydrogen-bond acceptors (Lipinski definition) is 2. The maximum atomic E-state index is 12.6. The summed E-state index contributed by atoms with van der Waals surface area (Å²) < 4.78 is 37.8. The fourth-order valence-corrected chi connectivity index (χ4v) is 1.84. The van der Waals surface area contributed by atoms with Crippen LogP contribution in [0.2, 0.25) is 5.02 Å². The standard InChI is InChI=1S/C14H8ClF3N2/c15-12-6-9(8-19)4-5-13(12)20-11-3-1-2-10(7-11)14(16,17)18/h1-7,20H. The maximum absolute atomic E-state index is 12.6. The summed E-state index contributed by atoms with van der Waals surface area (Å²) in [6.45, 7) is 0. The van der Waals surface area contributed by atoms with Gasteiger partial charge in [0.2, 0.25) is 0 Å². The van der Waals surface area contributed by atoms with Crippen molar-refractivity contribution in [1.29, 1.82) is 5.26 Å². The van der Waals surface area contributed by atoms with Gasteiger partial charge < -0.3 is 5.32 Å². The molecule has 2 rings (SSSR count). The Morgan fingerprint density at radius 3 is 2.45 bits per heavy atom. The Balaban J connectivity index is 2.29. The molecule has 0 aliphatic rings. The highest BCUT2D eigenvalue weighted by Gasteiger charge is 2.30. The van der Waals surface area contributed by atoms with Crippen LogP contribution in [0, 0.1) is 11.3 Å². The summed E-state index contributed by atoms with van der Waals surface area (Å²) in [6, 6.07) is 11.2. The van der Waals surface area contributed by atoms with E-state index >= 15 is 0 Å². The van der Waals surface area contributed by atoms with Crippen LogP contribution in [-0.4, -0.2) is 0 Å². The summed E-state index contributed by atoms with van der Waals surface area (Å²) in [5, 5.41) is 11.8. The van der Waals surface area contributed by atoms with E-state index in [1.165, 1.54) is 24.3 Å². The molecule has 6 heteroatoms. The molecule has 0 fully saturated rings. The van der Waals surface area contributed by atoms with Gasteiger partial charge in [-0.2, -0.15) is 18.4 Å². The Bertz CT molecular complexity index is 675. The Labute approximate surface area is 118 Å². The van der Waals surface area contributed by atoms with E-state index in [4.69, 9.17) is 16.9 Å². The van der Waals surface area contributed by atoms with Crippen LogP contribution in [0.1, 0.15) is 11.1 Å². The molecule has 2 nitrogen and oxygen atoms in total. The van der Waals surface area contributed by atoms with E-state index in [1.807, 2.05) is 6.07 Å². The number of benzene rings is 2. The van der Waals surface area contributed by atoms with Gasteiger partial charge in [-0.25, -0.2) is 0 Å². The van der Waals surface area contributed by atoms with Gasteiger partial charge in [0.25, 0.3) is 0 Å². The van der Waals surface area contributed by atoms with Gasteiger partial charge in [0, 0.05) is 5.69 Å². The number of halogens is 4. The average Bonchev–Trinajstić information content (AvgIpc) is 2.40. The molecule has 0 saturated carbocycles. The van der Waals surface area contributed by atoms with E-state index < -0.39 is 11.7 Å². The van der Waals surface area contributed by atoms with Crippen molar-refractivity contribution in [2.24, 2.45) is 0 Å². The van der Waals surface area contributed by atoms with Crippen molar-refractivity contribution >= 4 is 23.0 Å². The van der Waals surface area contributed by atoms with Crippen LogP contribution in [0.5, 0.6) is 0 Å². The van der Waals surface area contributed by atoms with Crippen LogP contribution < -0.4 is 5.32 Å². The quantitative estimate of drug-likeness (QED) is 0.849. The van der Waals surface area contributed by atoms with E-state index in [2.05, 4.69) is 5.32 Å². The van der Waals surface area contributed by atoms with Crippen molar-refractivity contribution in [3.8, 4) is 6.07 Å². The Morgan fingerprint density at radius 1 is 1.10 bits per heavy atom. The third-order valence-corrected chi connectivity index (χ3v) is 2.88. The lowest BCUT2D eigenvalue weighted by molar-refractivity contribution is -0.137. The van der Waals surface area contributed by atoms with Gasteiger partial charge in [-0.15, -0.1) is 0 Å². The molecule has 0 heterocycles. The summed E-state index contributed by atoms with van der Waals surface area (Å²) in [4.78, 5) is 0. The summed E-state index contributed by atoms with van der Waals surface area (Å²) in [5.41, 5.74) is 0.341. The van der Waals surface area contributed by atoms with E-state index in [0.29, 0.717) is 11.3 Å². The molecule has 102 valence electrons. The van der Waals surface area contributed by atoms with Gasteiger partial charge in [-0.05, 0) is 36.4 Å². The van der Waals surface area contributed by atoms with Crippen molar-refractivity contribution in [3.05, 3.63) is 58.6 Å². The van der Waals surface area contributed by atoms with Crippen LogP contribution in [0.15, 0.2) is 42.5 Å². The molecule has 0 bridgehead atoms. The number of anilines is 2. The second-order valence-corrected chi connectivity index (χ2v) is 4.42. The molecule has 0 amide bonds. The fraction of sp³-hybridized carbons (Fsp3) is 0.0714. The van der Waals surface area contributed by atoms with E-state index in [0.717, 1.165) is 12.1 Å². The van der Waals surface area contributed by atoms with Gasteiger partial charge >= 0.3 is 6.18 Å². The molecule has 2 aromatic rings. The molecule has 0 aliphatic carbocycles. The van der Waals surface area contributed by atoms with E-state index in [1.54, 1.807) is 6.07 Å². The molecule has 0 aromatic heterocycles. The van der Waals surface area contributed by atoms with Crippen molar-refractivity contribution in [1.82, 2.24) is 0 Å². The second-order valence-electron chi connectivity index (χ2n) is 4.01. The first-order chi connectivity index (χ1) is 9.40. The number of hydrogen-bond donors (Lipinski definition) is 1. The normalized spacial score (nSPS) is 10.9. The predicted molar refractivity (Wildman–Crippen MR) is 70.9 cm³/mol. The monoisotopic (exact) mass is 296 g/mol. The molecule has 0 saturated heterocycles. The highest BCUT2D eigenvalue weighted by Crippen LogP contribution is 2.32. The smallest absolute Gasteiger partial charge is 0.354 e. The summed E-state index contributed by atoms with van der Waals surface area (Å²) in [6.07, 6.45) is -4.40. The zero-order chi connectivity index (χ0) is 14.8. The molecule has 0 unspecified atom stereocenters. The van der Waals surface area contributed by atoms with Gasteiger partial charge in [0.15, 0.2) is 0 Å². The Kier molecular flexibility index (Phi) is 3.86. The molecular formula is C14H8ClF3N2. The van der Waals surface area contributed by atoms with Crippen LogP contribution >= 0.6 is 11.6 Å². The molecule has 0 atom stereocenters. The van der Waals surface area contributed by atoms with Crippen molar-refractivity contribution < 1.29 is 13.2 Å². The Morgan fingerprint density at radius 2 is 1.85 bits per heavy atom. The Hall–Kier alpha value is -2.19. The fourth-order valence-electron chi connectivity index (χ4n) is 1.61. The van der Waals surface area contributed by atoms with Crippen molar-refractivity contribution in [2.75, 3.05) is 5.32 Å². The predicted octanol–water partition coefficient (Wildman–Crippen LogP) is 4.97. The minimum Gasteiger partial charge on any atom is -0.354 e. The van der Waals surface area contributed by atoms with E-state index in [-0.39, 0.29) is 10.7 Å². The zero-order valence-corrected chi connectivity index (χ0v) is 10.8. The molecule has 1 N–H and O–H groups in total. The maximum Gasteiger partial charge on any atom is 0.416 e. The first-order valence-corrected chi connectivity index (χ1v) is 5.92. The second kappa shape index (κ2) is 5.43. The molecule has 0 aliphatic heterocycles. The van der Waals surface area contributed by atoms with Crippen molar-refractivity contribution in [3.63, 3.8) is 0 Å². The molecule has 20 heavy (non-hydrogen) atoms. The number of nitriles is 1. The van der Waals surface area contributed by atoms with Gasteiger partial charge in [0.1, 0.15) is 0 Å².